The van der Waals surface area contributed by atoms with Crippen molar-refractivity contribution < 1.29 is 14.3 Å². The molecule has 132 valence electrons. The summed E-state index contributed by atoms with van der Waals surface area (Å²) in [5.74, 6) is 0.353. The van der Waals surface area contributed by atoms with E-state index in [2.05, 4.69) is 10.9 Å². The van der Waals surface area contributed by atoms with Gasteiger partial charge in [0.15, 0.2) is 0 Å². The summed E-state index contributed by atoms with van der Waals surface area (Å²) >= 11 is 11.8. The fraction of sp³-hybridized carbons (Fsp3) is 0.278. The summed E-state index contributed by atoms with van der Waals surface area (Å²) in [6.07, 6.45) is 2.21. The molecule has 0 unspecified atom stereocenters. The lowest BCUT2D eigenvalue weighted by atomic mass is 10.2. The Hall–Kier alpha value is -1.95. The predicted molar refractivity (Wildman–Crippen MR) is 98.5 cm³/mol. The van der Waals surface area contributed by atoms with Crippen LogP contribution in [0.15, 0.2) is 42.5 Å². The highest BCUT2D eigenvalue weighted by Gasteiger charge is 2.16. The molecule has 0 saturated carbocycles. The molecule has 25 heavy (non-hydrogen) atoms. The molecule has 0 aliphatic carbocycles. The Morgan fingerprint density at radius 2 is 2.08 bits per heavy atom. The zero-order chi connectivity index (χ0) is 17.6. The third kappa shape index (κ3) is 5.01. The molecular formula is C18H18Cl2N2O3. The fourth-order valence-corrected chi connectivity index (χ4v) is 2.77. The van der Waals surface area contributed by atoms with Crippen molar-refractivity contribution in [3.05, 3.63) is 58.1 Å². The lowest BCUT2D eigenvalue weighted by Crippen LogP contribution is -2.29. The van der Waals surface area contributed by atoms with Gasteiger partial charge in [0.1, 0.15) is 12.4 Å². The van der Waals surface area contributed by atoms with Gasteiger partial charge in [-0.05, 0) is 49.2 Å². The monoisotopic (exact) mass is 380 g/mol. The second kappa shape index (κ2) is 8.43. The lowest BCUT2D eigenvalue weighted by Gasteiger charge is -2.13. The maximum Gasteiger partial charge on any atom is 0.269 e. The molecule has 2 aromatic carbocycles. The van der Waals surface area contributed by atoms with Crippen LogP contribution in [0.5, 0.6) is 5.75 Å². The quantitative estimate of drug-likeness (QED) is 0.733. The molecule has 1 aliphatic rings. The zero-order valence-electron chi connectivity index (χ0n) is 13.4. The summed E-state index contributed by atoms with van der Waals surface area (Å²) in [6, 6.07) is 12.0. The number of nitrogens with one attached hydrogen (secondary N) is 2. The van der Waals surface area contributed by atoms with Crippen LogP contribution in [-0.4, -0.2) is 25.2 Å². The van der Waals surface area contributed by atoms with Crippen molar-refractivity contribution in [2.24, 2.45) is 0 Å². The molecule has 0 spiro atoms. The van der Waals surface area contributed by atoms with Crippen LogP contribution in [0.4, 0.5) is 5.69 Å². The van der Waals surface area contributed by atoms with Crippen molar-refractivity contribution in [2.45, 2.75) is 18.9 Å². The van der Waals surface area contributed by atoms with Crippen LogP contribution in [-0.2, 0) is 4.74 Å². The maximum absolute atomic E-state index is 12.3. The molecule has 1 fully saturated rings. The Morgan fingerprint density at radius 3 is 2.84 bits per heavy atom. The van der Waals surface area contributed by atoms with Crippen LogP contribution < -0.4 is 15.6 Å². The van der Waals surface area contributed by atoms with Crippen molar-refractivity contribution in [3.63, 3.8) is 0 Å². The highest BCUT2D eigenvalue weighted by Crippen LogP contribution is 2.24. The minimum Gasteiger partial charge on any atom is -0.491 e. The molecule has 0 radical (unpaired) electrons. The summed E-state index contributed by atoms with van der Waals surface area (Å²) in [7, 11) is 0. The van der Waals surface area contributed by atoms with E-state index in [0.29, 0.717) is 33.7 Å². The van der Waals surface area contributed by atoms with Gasteiger partial charge in [-0.2, -0.15) is 0 Å². The normalized spacial score (nSPS) is 16.5. The molecule has 7 heteroatoms. The molecule has 1 heterocycles. The van der Waals surface area contributed by atoms with E-state index in [0.717, 1.165) is 19.4 Å². The van der Waals surface area contributed by atoms with Crippen LogP contribution >= 0.6 is 23.2 Å². The van der Waals surface area contributed by atoms with Crippen LogP contribution in [0, 0.1) is 0 Å². The number of benzene rings is 2. The van der Waals surface area contributed by atoms with Gasteiger partial charge in [0.2, 0.25) is 0 Å². The second-order valence-corrected chi connectivity index (χ2v) is 6.50. The average molecular weight is 381 g/mol. The van der Waals surface area contributed by atoms with E-state index in [-0.39, 0.29) is 12.0 Å². The first-order chi connectivity index (χ1) is 12.1. The highest BCUT2D eigenvalue weighted by atomic mass is 35.5. The number of hydrazine groups is 1. The number of hydrogen-bond acceptors (Lipinski definition) is 4. The molecule has 2 aromatic rings. The standard InChI is InChI=1S/C18H18Cl2N2O3/c19-16-7-6-13(10-17(16)20)21-22-18(23)12-3-1-4-14(9-12)25-11-15-5-2-8-24-15/h1,3-4,6-7,9-10,15,21H,2,5,8,11H2,(H,22,23)/t15-/m1/s1. The summed E-state index contributed by atoms with van der Waals surface area (Å²) < 4.78 is 11.2. The van der Waals surface area contributed by atoms with Crippen molar-refractivity contribution in [3.8, 4) is 5.75 Å². The molecule has 1 aliphatic heterocycles. The van der Waals surface area contributed by atoms with E-state index in [1.807, 2.05) is 6.07 Å². The number of carbonyl (C=O) groups excluding carboxylic acids is 1. The molecule has 3 rings (SSSR count). The Morgan fingerprint density at radius 1 is 1.20 bits per heavy atom. The van der Waals surface area contributed by atoms with E-state index in [9.17, 15) is 4.79 Å². The fourth-order valence-electron chi connectivity index (χ4n) is 2.47. The molecule has 0 aromatic heterocycles. The number of anilines is 1. The van der Waals surface area contributed by atoms with Crippen molar-refractivity contribution >= 4 is 34.8 Å². The van der Waals surface area contributed by atoms with Gasteiger partial charge < -0.3 is 9.47 Å². The van der Waals surface area contributed by atoms with E-state index in [1.54, 1.807) is 36.4 Å². The van der Waals surface area contributed by atoms with E-state index in [1.165, 1.54) is 0 Å². The van der Waals surface area contributed by atoms with E-state index in [4.69, 9.17) is 32.7 Å². The molecule has 1 amide bonds. The Balaban J connectivity index is 1.55. The highest BCUT2D eigenvalue weighted by molar-refractivity contribution is 6.42. The molecule has 5 nitrogen and oxygen atoms in total. The van der Waals surface area contributed by atoms with Gasteiger partial charge in [0, 0.05) is 12.2 Å². The topological polar surface area (TPSA) is 59.6 Å². The van der Waals surface area contributed by atoms with Crippen LogP contribution in [0.2, 0.25) is 10.0 Å². The lowest BCUT2D eigenvalue weighted by molar-refractivity contribution is 0.0679. The number of ether oxygens (including phenoxy) is 2. The number of rotatable bonds is 6. The van der Waals surface area contributed by atoms with Crippen LogP contribution in [0.3, 0.4) is 0 Å². The van der Waals surface area contributed by atoms with Gasteiger partial charge in [-0.1, -0.05) is 29.3 Å². The number of halogens is 2. The Labute approximate surface area is 156 Å². The van der Waals surface area contributed by atoms with Gasteiger partial charge in [0.05, 0.1) is 21.8 Å². The van der Waals surface area contributed by atoms with Gasteiger partial charge in [-0.3, -0.25) is 15.6 Å². The molecule has 1 saturated heterocycles. The smallest absolute Gasteiger partial charge is 0.269 e. The number of amides is 1. The minimum atomic E-state index is -0.284. The first-order valence-corrected chi connectivity index (χ1v) is 8.73. The number of hydrogen-bond donors (Lipinski definition) is 2. The maximum atomic E-state index is 12.3. The first-order valence-electron chi connectivity index (χ1n) is 7.98. The van der Waals surface area contributed by atoms with Crippen molar-refractivity contribution in [2.75, 3.05) is 18.6 Å². The van der Waals surface area contributed by atoms with Gasteiger partial charge >= 0.3 is 0 Å². The molecular weight excluding hydrogens is 363 g/mol. The second-order valence-electron chi connectivity index (χ2n) is 5.68. The summed E-state index contributed by atoms with van der Waals surface area (Å²) in [4.78, 5) is 12.3. The van der Waals surface area contributed by atoms with Crippen LogP contribution in [0.25, 0.3) is 0 Å². The predicted octanol–water partition coefficient (Wildman–Crippen LogP) is 4.31. The van der Waals surface area contributed by atoms with Gasteiger partial charge in [-0.25, -0.2) is 0 Å². The molecule has 0 bridgehead atoms. The molecule has 2 N–H and O–H groups in total. The van der Waals surface area contributed by atoms with Crippen molar-refractivity contribution in [1.82, 2.24) is 5.43 Å². The molecule has 1 atom stereocenters. The zero-order valence-corrected chi connectivity index (χ0v) is 14.9. The number of carbonyl (C=O) groups is 1. The minimum absolute atomic E-state index is 0.133. The Kier molecular flexibility index (Phi) is 6.02. The average Bonchev–Trinajstić information content (AvgIpc) is 3.14. The van der Waals surface area contributed by atoms with Gasteiger partial charge in [0.25, 0.3) is 5.91 Å². The van der Waals surface area contributed by atoms with Crippen molar-refractivity contribution in [1.29, 1.82) is 0 Å². The first kappa shape index (κ1) is 17.9. The summed E-state index contributed by atoms with van der Waals surface area (Å²) in [5, 5.41) is 0.861. The summed E-state index contributed by atoms with van der Waals surface area (Å²) in [5.41, 5.74) is 6.54. The third-order valence-electron chi connectivity index (χ3n) is 3.80. The largest absolute Gasteiger partial charge is 0.491 e. The summed E-state index contributed by atoms with van der Waals surface area (Å²) in [6.45, 7) is 1.28. The van der Waals surface area contributed by atoms with Crippen LogP contribution in [0.1, 0.15) is 23.2 Å². The van der Waals surface area contributed by atoms with E-state index >= 15 is 0 Å². The Bertz CT molecular complexity index is 749. The van der Waals surface area contributed by atoms with E-state index < -0.39 is 0 Å². The van der Waals surface area contributed by atoms with Gasteiger partial charge in [-0.15, -0.1) is 0 Å². The SMILES string of the molecule is O=C(NNc1ccc(Cl)c(Cl)c1)c1cccc(OC[C@H]2CCCO2)c1. The third-order valence-corrected chi connectivity index (χ3v) is 4.54.